The number of pyridine rings is 1. The fourth-order valence-electron chi connectivity index (χ4n) is 1.13. The van der Waals surface area contributed by atoms with Crippen molar-refractivity contribution < 1.29 is 14.3 Å². The summed E-state index contributed by atoms with van der Waals surface area (Å²) in [7, 11) is 0. The summed E-state index contributed by atoms with van der Waals surface area (Å²) < 4.78 is 12.8. The molecule has 0 saturated heterocycles. The Hall–Kier alpha value is -1.49. The maximum Gasteiger partial charge on any atom is 0.253 e. The molecular weight excluding hydrogens is 211 g/mol. The molecule has 88 valence electrons. The number of rotatable bonds is 4. The van der Waals surface area contributed by atoms with Crippen LogP contribution in [0.25, 0.3) is 0 Å². The number of halogens is 1. The quantitative estimate of drug-likeness (QED) is 0.804. The van der Waals surface area contributed by atoms with Crippen molar-refractivity contribution in [2.45, 2.75) is 19.9 Å². The molecule has 0 radical (unpaired) electrons. The largest absolute Gasteiger partial charge is 0.396 e. The van der Waals surface area contributed by atoms with Crippen molar-refractivity contribution in [1.29, 1.82) is 0 Å². The Morgan fingerprint density at radius 3 is 2.81 bits per heavy atom. The lowest BCUT2D eigenvalue weighted by Gasteiger charge is -2.19. The second kappa shape index (κ2) is 5.55. The molecule has 2 N–H and O–H groups in total. The minimum Gasteiger partial charge on any atom is -0.396 e. The van der Waals surface area contributed by atoms with E-state index in [-0.39, 0.29) is 30.0 Å². The lowest BCUT2D eigenvalue weighted by molar-refractivity contribution is 0.0915. The molecule has 1 amide bonds. The van der Waals surface area contributed by atoms with Gasteiger partial charge in [-0.05, 0) is 18.9 Å². The van der Waals surface area contributed by atoms with E-state index < -0.39 is 5.82 Å². The molecule has 0 aliphatic heterocycles. The lowest BCUT2D eigenvalue weighted by atomic mass is 10.0. The molecule has 0 bridgehead atoms. The van der Waals surface area contributed by atoms with Crippen LogP contribution in [0.1, 0.15) is 24.2 Å². The number of aliphatic hydroxyl groups excluding tert-OH is 1. The van der Waals surface area contributed by atoms with Crippen LogP contribution in [0, 0.1) is 11.7 Å². The van der Waals surface area contributed by atoms with E-state index in [1.54, 1.807) is 6.92 Å². The van der Waals surface area contributed by atoms with E-state index in [4.69, 9.17) is 5.11 Å². The Bertz CT molecular complexity index is 371. The van der Waals surface area contributed by atoms with E-state index >= 15 is 0 Å². The SMILES string of the molecule is CC(CO)C(C)NC(=O)c1cncc(F)c1. The molecule has 1 rings (SSSR count). The van der Waals surface area contributed by atoms with Gasteiger partial charge in [0.05, 0.1) is 11.8 Å². The summed E-state index contributed by atoms with van der Waals surface area (Å²) in [4.78, 5) is 15.2. The molecule has 1 aromatic heterocycles. The van der Waals surface area contributed by atoms with Crippen molar-refractivity contribution in [2.24, 2.45) is 5.92 Å². The van der Waals surface area contributed by atoms with Gasteiger partial charge in [-0.2, -0.15) is 0 Å². The first-order valence-corrected chi connectivity index (χ1v) is 5.07. The normalized spacial score (nSPS) is 14.2. The number of carbonyl (C=O) groups excluding carboxylic acids is 1. The van der Waals surface area contributed by atoms with E-state index in [1.807, 2.05) is 6.92 Å². The first-order valence-electron chi connectivity index (χ1n) is 5.07. The number of carbonyl (C=O) groups is 1. The lowest BCUT2D eigenvalue weighted by Crippen LogP contribution is -2.38. The zero-order valence-electron chi connectivity index (χ0n) is 9.27. The maximum absolute atomic E-state index is 12.8. The standard InChI is InChI=1S/C11H15FN2O2/c1-7(6-15)8(2)14-11(16)9-3-10(12)5-13-4-9/h3-5,7-8,15H,6H2,1-2H3,(H,14,16). The molecule has 2 atom stereocenters. The van der Waals surface area contributed by atoms with Crippen LogP contribution in [-0.4, -0.2) is 28.6 Å². The molecule has 0 fully saturated rings. The van der Waals surface area contributed by atoms with Gasteiger partial charge in [0.25, 0.3) is 5.91 Å². The summed E-state index contributed by atoms with van der Waals surface area (Å²) in [5.74, 6) is -0.985. The highest BCUT2D eigenvalue weighted by Gasteiger charge is 2.15. The number of nitrogens with zero attached hydrogens (tertiary/aromatic N) is 1. The third-order valence-electron chi connectivity index (χ3n) is 2.47. The summed E-state index contributed by atoms with van der Waals surface area (Å²) in [5.41, 5.74) is 0.178. The number of aliphatic hydroxyl groups is 1. The fourth-order valence-corrected chi connectivity index (χ4v) is 1.13. The van der Waals surface area contributed by atoms with Crippen LogP contribution < -0.4 is 5.32 Å². The van der Waals surface area contributed by atoms with Crippen molar-refractivity contribution in [3.05, 3.63) is 29.8 Å². The number of nitrogens with one attached hydrogen (secondary N) is 1. The number of hydrogen-bond donors (Lipinski definition) is 2. The third kappa shape index (κ3) is 3.27. The summed E-state index contributed by atoms with van der Waals surface area (Å²) in [6.07, 6.45) is 2.34. The van der Waals surface area contributed by atoms with Gasteiger partial charge in [-0.3, -0.25) is 9.78 Å². The van der Waals surface area contributed by atoms with Crippen LogP contribution in [0.5, 0.6) is 0 Å². The van der Waals surface area contributed by atoms with E-state index in [0.29, 0.717) is 0 Å². The first kappa shape index (κ1) is 12.6. The van der Waals surface area contributed by atoms with Crippen molar-refractivity contribution in [2.75, 3.05) is 6.61 Å². The molecule has 16 heavy (non-hydrogen) atoms. The predicted molar refractivity (Wildman–Crippen MR) is 57.4 cm³/mol. The van der Waals surface area contributed by atoms with E-state index in [9.17, 15) is 9.18 Å². The Kier molecular flexibility index (Phi) is 4.37. The van der Waals surface area contributed by atoms with Crippen LogP contribution in [0.4, 0.5) is 4.39 Å². The monoisotopic (exact) mass is 226 g/mol. The van der Waals surface area contributed by atoms with Crippen molar-refractivity contribution in [3.63, 3.8) is 0 Å². The van der Waals surface area contributed by atoms with Gasteiger partial charge in [0.2, 0.25) is 0 Å². The van der Waals surface area contributed by atoms with Gasteiger partial charge in [0.1, 0.15) is 5.82 Å². The van der Waals surface area contributed by atoms with E-state index in [0.717, 1.165) is 12.3 Å². The maximum atomic E-state index is 12.8. The molecule has 0 aliphatic rings. The molecule has 4 nitrogen and oxygen atoms in total. The zero-order valence-corrected chi connectivity index (χ0v) is 9.27. The average Bonchev–Trinajstić information content (AvgIpc) is 2.27. The Balaban J connectivity index is 2.66. The molecule has 0 aliphatic carbocycles. The Morgan fingerprint density at radius 1 is 1.56 bits per heavy atom. The highest BCUT2D eigenvalue weighted by atomic mass is 19.1. The molecular formula is C11H15FN2O2. The zero-order chi connectivity index (χ0) is 12.1. The highest BCUT2D eigenvalue weighted by molar-refractivity contribution is 5.94. The molecule has 5 heteroatoms. The minimum atomic E-state index is -0.546. The molecule has 2 unspecified atom stereocenters. The van der Waals surface area contributed by atoms with Crippen LogP contribution >= 0.6 is 0 Å². The fraction of sp³-hybridized carbons (Fsp3) is 0.455. The molecule has 1 heterocycles. The summed E-state index contributed by atoms with van der Waals surface area (Å²) in [6, 6.07) is 0.944. The number of aromatic nitrogens is 1. The molecule has 0 aromatic carbocycles. The van der Waals surface area contributed by atoms with Gasteiger partial charge in [0, 0.05) is 18.8 Å². The van der Waals surface area contributed by atoms with Crippen molar-refractivity contribution in [3.8, 4) is 0 Å². The third-order valence-corrected chi connectivity index (χ3v) is 2.47. The van der Waals surface area contributed by atoms with E-state index in [2.05, 4.69) is 10.3 Å². The van der Waals surface area contributed by atoms with Crippen molar-refractivity contribution in [1.82, 2.24) is 10.3 Å². The summed E-state index contributed by atoms with van der Waals surface area (Å²) >= 11 is 0. The van der Waals surface area contributed by atoms with Gasteiger partial charge >= 0.3 is 0 Å². The van der Waals surface area contributed by atoms with Crippen LogP contribution in [0.2, 0.25) is 0 Å². The highest BCUT2D eigenvalue weighted by Crippen LogP contribution is 2.04. The van der Waals surface area contributed by atoms with Gasteiger partial charge in [-0.1, -0.05) is 6.92 Å². The second-order valence-electron chi connectivity index (χ2n) is 3.81. The minimum absolute atomic E-state index is 0.0111. The van der Waals surface area contributed by atoms with Gasteiger partial charge in [-0.15, -0.1) is 0 Å². The average molecular weight is 226 g/mol. The second-order valence-corrected chi connectivity index (χ2v) is 3.81. The number of hydrogen-bond acceptors (Lipinski definition) is 3. The topological polar surface area (TPSA) is 62.2 Å². The predicted octanol–water partition coefficient (Wildman–Crippen LogP) is 0.967. The smallest absolute Gasteiger partial charge is 0.253 e. The van der Waals surface area contributed by atoms with Crippen LogP contribution in [-0.2, 0) is 0 Å². The van der Waals surface area contributed by atoms with Gasteiger partial charge in [-0.25, -0.2) is 4.39 Å². The van der Waals surface area contributed by atoms with Crippen LogP contribution in [0.15, 0.2) is 18.5 Å². The van der Waals surface area contributed by atoms with Crippen molar-refractivity contribution >= 4 is 5.91 Å². The van der Waals surface area contributed by atoms with Gasteiger partial charge < -0.3 is 10.4 Å². The van der Waals surface area contributed by atoms with Crippen LogP contribution in [0.3, 0.4) is 0 Å². The summed E-state index contributed by atoms with van der Waals surface area (Å²) in [5, 5.41) is 11.6. The molecule has 0 spiro atoms. The Morgan fingerprint density at radius 2 is 2.25 bits per heavy atom. The number of amides is 1. The van der Waals surface area contributed by atoms with E-state index in [1.165, 1.54) is 6.20 Å². The Labute approximate surface area is 93.5 Å². The first-order chi connectivity index (χ1) is 7.54. The van der Waals surface area contributed by atoms with Gasteiger partial charge in [0.15, 0.2) is 0 Å². The molecule has 1 aromatic rings. The molecule has 0 saturated carbocycles. The summed E-state index contributed by atoms with van der Waals surface area (Å²) in [6.45, 7) is 3.59.